The number of thiophene rings is 1. The third-order valence-electron chi connectivity index (χ3n) is 6.12. The molecule has 3 unspecified atom stereocenters. The van der Waals surface area contributed by atoms with Crippen molar-refractivity contribution in [3.8, 4) is 0 Å². The smallest absolute Gasteiger partial charge is 0.336 e. The molecule has 3 atom stereocenters. The van der Waals surface area contributed by atoms with Crippen molar-refractivity contribution in [1.82, 2.24) is 5.32 Å². The Kier molecular flexibility index (Phi) is 7.53. The summed E-state index contributed by atoms with van der Waals surface area (Å²) in [6, 6.07) is 10.1. The number of hydrogen-bond donors (Lipinski definition) is 1. The number of nitro benzene ring substituents is 1. The van der Waals surface area contributed by atoms with Gasteiger partial charge in [0.15, 0.2) is 0 Å². The quantitative estimate of drug-likeness (QED) is 0.232. The number of hydrogen-bond acceptors (Lipinski definition) is 8. The van der Waals surface area contributed by atoms with Crippen LogP contribution in [0, 0.1) is 16.0 Å². The Hall–Kier alpha value is -2.91. The molecule has 2 aliphatic rings. The zero-order chi connectivity index (χ0) is 24.2. The maximum Gasteiger partial charge on any atom is 0.336 e. The summed E-state index contributed by atoms with van der Waals surface area (Å²) in [6.45, 7) is 4.13. The van der Waals surface area contributed by atoms with Gasteiger partial charge in [-0.1, -0.05) is 31.2 Å². The van der Waals surface area contributed by atoms with Gasteiger partial charge >= 0.3 is 5.97 Å². The molecule has 9 heteroatoms. The summed E-state index contributed by atoms with van der Waals surface area (Å²) in [7, 11) is 0. The van der Waals surface area contributed by atoms with E-state index in [2.05, 4.69) is 11.4 Å². The van der Waals surface area contributed by atoms with Gasteiger partial charge in [0.1, 0.15) is 12.4 Å². The van der Waals surface area contributed by atoms with Crippen LogP contribution in [0.25, 0.3) is 0 Å². The van der Waals surface area contributed by atoms with Crippen molar-refractivity contribution in [2.24, 2.45) is 5.92 Å². The highest BCUT2D eigenvalue weighted by atomic mass is 32.2. The molecule has 1 aliphatic carbocycles. The molecule has 0 saturated heterocycles. The number of esters is 1. The molecule has 0 saturated carbocycles. The molecular formula is C25H26N2O5S2. The highest BCUT2D eigenvalue weighted by molar-refractivity contribution is 7.99. The number of rotatable bonds is 8. The van der Waals surface area contributed by atoms with Crippen LogP contribution >= 0.6 is 23.1 Å². The molecule has 0 spiro atoms. The van der Waals surface area contributed by atoms with Crippen molar-refractivity contribution in [1.29, 1.82) is 0 Å². The highest BCUT2D eigenvalue weighted by Gasteiger charge is 2.45. The van der Waals surface area contributed by atoms with E-state index >= 15 is 0 Å². The number of allylic oxidation sites excluding steroid dienone is 3. The van der Waals surface area contributed by atoms with Gasteiger partial charge in [0.05, 0.1) is 16.4 Å². The van der Waals surface area contributed by atoms with Gasteiger partial charge < -0.3 is 10.1 Å². The SMILES string of the molecule is CCSCCOC(=O)C1=C(C)NC2=CC(c3cccs3)CC(=O)C2C1c1ccc([N+](=O)[O-])cc1. The third kappa shape index (κ3) is 4.95. The van der Waals surface area contributed by atoms with E-state index in [4.69, 9.17) is 4.74 Å². The first kappa shape index (κ1) is 24.2. The number of thioether (sulfide) groups is 1. The lowest BCUT2D eigenvalue weighted by atomic mass is 9.69. The number of fused-ring (bicyclic) bond motifs is 1. The van der Waals surface area contributed by atoms with E-state index in [-0.39, 0.29) is 24.0 Å². The fourth-order valence-electron chi connectivity index (χ4n) is 4.61. The lowest BCUT2D eigenvalue weighted by molar-refractivity contribution is -0.384. The molecule has 178 valence electrons. The Balaban J connectivity index is 1.74. The molecule has 1 aliphatic heterocycles. The highest BCUT2D eigenvalue weighted by Crippen LogP contribution is 2.46. The summed E-state index contributed by atoms with van der Waals surface area (Å²) in [5, 5.41) is 16.5. The van der Waals surface area contributed by atoms with E-state index in [9.17, 15) is 19.7 Å². The van der Waals surface area contributed by atoms with Crippen LogP contribution in [-0.4, -0.2) is 34.8 Å². The van der Waals surface area contributed by atoms with Crippen molar-refractivity contribution in [3.63, 3.8) is 0 Å². The largest absolute Gasteiger partial charge is 0.461 e. The monoisotopic (exact) mass is 498 g/mol. The maximum absolute atomic E-state index is 13.5. The predicted molar refractivity (Wildman–Crippen MR) is 134 cm³/mol. The normalized spacial score (nSPS) is 22.0. The summed E-state index contributed by atoms with van der Waals surface area (Å²) < 4.78 is 5.57. The van der Waals surface area contributed by atoms with Crippen molar-refractivity contribution < 1.29 is 19.2 Å². The van der Waals surface area contributed by atoms with Gasteiger partial charge in [-0.3, -0.25) is 14.9 Å². The maximum atomic E-state index is 13.5. The van der Waals surface area contributed by atoms with Gasteiger partial charge in [-0.2, -0.15) is 11.8 Å². The van der Waals surface area contributed by atoms with Gasteiger partial charge in [-0.25, -0.2) is 4.79 Å². The van der Waals surface area contributed by atoms with Crippen LogP contribution in [0.5, 0.6) is 0 Å². The van der Waals surface area contributed by atoms with E-state index in [1.54, 1.807) is 35.2 Å². The predicted octanol–water partition coefficient (Wildman–Crippen LogP) is 5.17. The minimum absolute atomic E-state index is 0.0175. The van der Waals surface area contributed by atoms with E-state index in [1.165, 1.54) is 12.1 Å². The number of Topliss-reactive ketones (excluding diaryl/α,β-unsaturated/α-hetero) is 1. The molecule has 2 heterocycles. The summed E-state index contributed by atoms with van der Waals surface area (Å²) in [6.07, 6.45) is 2.42. The number of non-ortho nitro benzene ring substituents is 1. The number of nitro groups is 1. The summed E-state index contributed by atoms with van der Waals surface area (Å²) in [5.41, 5.74) is 2.45. The zero-order valence-electron chi connectivity index (χ0n) is 19.0. The summed E-state index contributed by atoms with van der Waals surface area (Å²) >= 11 is 3.30. The number of benzene rings is 1. The molecule has 4 rings (SSSR count). The van der Waals surface area contributed by atoms with Crippen molar-refractivity contribution in [2.45, 2.75) is 32.1 Å². The molecule has 34 heavy (non-hydrogen) atoms. The molecular weight excluding hydrogens is 472 g/mol. The van der Waals surface area contributed by atoms with Crippen LogP contribution in [0.15, 0.2) is 64.8 Å². The number of nitrogens with zero attached hydrogens (tertiary/aromatic N) is 1. The van der Waals surface area contributed by atoms with Gasteiger partial charge in [0.2, 0.25) is 0 Å². The molecule has 2 aromatic rings. The van der Waals surface area contributed by atoms with Gasteiger partial charge in [0, 0.05) is 52.4 Å². The van der Waals surface area contributed by atoms with Crippen LogP contribution in [-0.2, 0) is 14.3 Å². The fraction of sp³-hybridized carbons (Fsp3) is 0.360. The number of ketones is 1. The topological polar surface area (TPSA) is 98.5 Å². The number of nitrogens with one attached hydrogen (secondary N) is 1. The Morgan fingerprint density at radius 2 is 2.03 bits per heavy atom. The summed E-state index contributed by atoms with van der Waals surface area (Å²) in [5.74, 6) is 0.0348. The second-order valence-electron chi connectivity index (χ2n) is 8.21. The minimum Gasteiger partial charge on any atom is -0.461 e. The first-order valence-corrected chi connectivity index (χ1v) is 13.2. The molecule has 7 nitrogen and oxygen atoms in total. The minimum atomic E-state index is -0.575. The zero-order valence-corrected chi connectivity index (χ0v) is 20.6. The lowest BCUT2D eigenvalue weighted by Gasteiger charge is -2.39. The molecule has 1 N–H and O–H groups in total. The van der Waals surface area contributed by atoms with Crippen LogP contribution < -0.4 is 5.32 Å². The fourth-order valence-corrected chi connectivity index (χ4v) is 5.90. The molecule has 0 amide bonds. The molecule has 1 aromatic heterocycles. The van der Waals surface area contributed by atoms with Crippen LogP contribution in [0.2, 0.25) is 0 Å². The van der Waals surface area contributed by atoms with E-state index in [0.717, 1.165) is 16.3 Å². The Morgan fingerprint density at radius 3 is 2.68 bits per heavy atom. The van der Waals surface area contributed by atoms with Crippen molar-refractivity contribution in [3.05, 3.63) is 85.4 Å². The Bertz CT molecular complexity index is 1140. The van der Waals surface area contributed by atoms with E-state index in [1.807, 2.05) is 31.4 Å². The molecule has 0 radical (unpaired) electrons. The Morgan fingerprint density at radius 1 is 1.26 bits per heavy atom. The van der Waals surface area contributed by atoms with Gasteiger partial charge in [-0.15, -0.1) is 11.3 Å². The van der Waals surface area contributed by atoms with Crippen molar-refractivity contribution in [2.75, 3.05) is 18.1 Å². The molecule has 0 bridgehead atoms. The number of carbonyl (C=O) groups excluding carboxylic acids is 2. The second kappa shape index (κ2) is 10.6. The van der Waals surface area contributed by atoms with E-state index < -0.39 is 22.7 Å². The average Bonchev–Trinajstić information content (AvgIpc) is 3.36. The third-order valence-corrected chi connectivity index (χ3v) is 7.99. The molecule has 0 fully saturated rings. The van der Waals surface area contributed by atoms with Crippen LogP contribution in [0.4, 0.5) is 5.69 Å². The first-order chi connectivity index (χ1) is 16.4. The second-order valence-corrected chi connectivity index (χ2v) is 10.6. The van der Waals surface area contributed by atoms with Gasteiger partial charge in [-0.05, 0) is 29.7 Å². The average molecular weight is 499 g/mol. The van der Waals surface area contributed by atoms with Gasteiger partial charge in [0.25, 0.3) is 5.69 Å². The Labute approximate surface area is 206 Å². The van der Waals surface area contributed by atoms with Crippen LogP contribution in [0.3, 0.4) is 0 Å². The van der Waals surface area contributed by atoms with Crippen LogP contribution in [0.1, 0.15) is 42.5 Å². The first-order valence-electron chi connectivity index (χ1n) is 11.2. The molecule has 1 aromatic carbocycles. The van der Waals surface area contributed by atoms with E-state index in [0.29, 0.717) is 29.0 Å². The number of carbonyl (C=O) groups is 2. The summed E-state index contributed by atoms with van der Waals surface area (Å²) in [4.78, 5) is 38.5. The van der Waals surface area contributed by atoms with Crippen molar-refractivity contribution >= 4 is 40.5 Å². The lowest BCUT2D eigenvalue weighted by Crippen LogP contribution is -2.42. The number of ether oxygens (including phenoxy) is 1. The standard InChI is InChI=1S/C25H26N2O5S2/c1-3-33-12-10-32-25(29)22-15(2)26-19-13-17(21-5-4-11-34-21)14-20(28)24(19)23(22)16-6-8-18(9-7-16)27(30)31/h4-9,11,13,17,23-24,26H,3,10,12,14H2,1-2H3.